The number of anilines is 1. The maximum atomic E-state index is 11.9. The number of benzene rings is 3. The van der Waals surface area contributed by atoms with Crippen LogP contribution >= 0.6 is 0 Å². The number of oxazole rings is 1. The summed E-state index contributed by atoms with van der Waals surface area (Å²) in [5.74, 6) is -0.0756. The molecule has 190 valence electrons. The first-order chi connectivity index (χ1) is 17.8. The zero-order valence-electron chi connectivity index (χ0n) is 20.6. The Morgan fingerprint density at radius 3 is 2.38 bits per heavy atom. The molecule has 0 aliphatic carbocycles. The van der Waals surface area contributed by atoms with Crippen molar-refractivity contribution in [1.82, 2.24) is 4.98 Å². The van der Waals surface area contributed by atoms with Crippen molar-refractivity contribution in [3.63, 3.8) is 0 Å². The van der Waals surface area contributed by atoms with E-state index in [1.54, 1.807) is 31.2 Å². The van der Waals surface area contributed by atoms with Crippen molar-refractivity contribution in [1.29, 1.82) is 0 Å². The van der Waals surface area contributed by atoms with Crippen LogP contribution in [-0.2, 0) is 17.6 Å². The first-order valence-corrected chi connectivity index (χ1v) is 11.9. The van der Waals surface area contributed by atoms with Crippen LogP contribution in [0.4, 0.5) is 5.69 Å². The van der Waals surface area contributed by atoms with Gasteiger partial charge in [0.1, 0.15) is 17.6 Å². The lowest BCUT2D eigenvalue weighted by Crippen LogP contribution is -2.32. The Bertz CT molecular complexity index is 1380. The van der Waals surface area contributed by atoms with Crippen molar-refractivity contribution < 1.29 is 29.0 Å². The van der Waals surface area contributed by atoms with Crippen LogP contribution in [0.5, 0.6) is 5.75 Å². The standard InChI is InChI=1S/C29H28N2O6/c1-18-23(28(32)33)9-6-10-24(18)30-26(29(34)35)17-20-11-13-22(14-12-20)36-16-15-25-19(2)37-27(31-25)21-7-4-3-5-8-21/h3-14,26,30H,15-17H2,1-2H3,(H,32,33)(H,34,35). The molecule has 0 aliphatic heterocycles. The summed E-state index contributed by atoms with van der Waals surface area (Å²) in [6.07, 6.45) is 0.802. The van der Waals surface area contributed by atoms with E-state index in [4.69, 9.17) is 9.15 Å². The van der Waals surface area contributed by atoms with E-state index in [-0.39, 0.29) is 12.0 Å². The van der Waals surface area contributed by atoms with Gasteiger partial charge in [-0.05, 0) is 61.4 Å². The molecule has 3 N–H and O–H groups in total. The molecular formula is C29H28N2O6. The molecule has 1 aromatic heterocycles. The third-order valence-electron chi connectivity index (χ3n) is 6.08. The molecule has 1 atom stereocenters. The molecule has 0 saturated heterocycles. The summed E-state index contributed by atoms with van der Waals surface area (Å²) in [7, 11) is 0. The molecule has 1 heterocycles. The van der Waals surface area contributed by atoms with Crippen LogP contribution in [0.15, 0.2) is 77.2 Å². The summed E-state index contributed by atoms with van der Waals surface area (Å²) in [5, 5.41) is 22.0. The second-order valence-electron chi connectivity index (χ2n) is 8.65. The van der Waals surface area contributed by atoms with E-state index in [0.717, 1.165) is 22.6 Å². The number of aromatic carboxylic acids is 1. The first kappa shape index (κ1) is 25.5. The number of carbonyl (C=O) groups is 2. The summed E-state index contributed by atoms with van der Waals surface area (Å²) in [6.45, 7) is 3.95. The van der Waals surface area contributed by atoms with Gasteiger partial charge in [-0.15, -0.1) is 0 Å². The molecule has 0 spiro atoms. The van der Waals surface area contributed by atoms with Crippen molar-refractivity contribution in [3.8, 4) is 17.2 Å². The number of carboxylic acids is 2. The lowest BCUT2D eigenvalue weighted by atomic mass is 10.0. The number of aryl methyl sites for hydroxylation is 1. The summed E-state index contributed by atoms with van der Waals surface area (Å²) in [6, 6.07) is 20.8. The molecule has 1 unspecified atom stereocenters. The normalized spacial score (nSPS) is 11.6. The molecule has 0 saturated carbocycles. The molecule has 0 amide bonds. The zero-order valence-corrected chi connectivity index (χ0v) is 20.6. The van der Waals surface area contributed by atoms with Crippen LogP contribution in [0.2, 0.25) is 0 Å². The predicted octanol–water partition coefficient (Wildman–Crippen LogP) is 5.39. The predicted molar refractivity (Wildman–Crippen MR) is 139 cm³/mol. The second-order valence-corrected chi connectivity index (χ2v) is 8.65. The van der Waals surface area contributed by atoms with Crippen molar-refractivity contribution in [2.24, 2.45) is 0 Å². The topological polar surface area (TPSA) is 122 Å². The number of carboxylic acid groups (broad SMARTS) is 2. The number of nitrogens with one attached hydrogen (secondary N) is 1. The maximum Gasteiger partial charge on any atom is 0.336 e. The highest BCUT2D eigenvalue weighted by Gasteiger charge is 2.20. The minimum atomic E-state index is -1.06. The third-order valence-corrected chi connectivity index (χ3v) is 6.08. The van der Waals surface area contributed by atoms with Gasteiger partial charge in [0.05, 0.1) is 17.9 Å². The minimum absolute atomic E-state index is 0.132. The molecule has 0 radical (unpaired) electrons. The quantitative estimate of drug-likeness (QED) is 0.251. The van der Waals surface area contributed by atoms with Gasteiger partial charge >= 0.3 is 11.9 Å². The van der Waals surface area contributed by atoms with E-state index in [9.17, 15) is 19.8 Å². The fourth-order valence-electron chi connectivity index (χ4n) is 4.00. The third kappa shape index (κ3) is 6.35. The molecule has 37 heavy (non-hydrogen) atoms. The second kappa shape index (κ2) is 11.4. The molecule has 0 aliphatic rings. The molecule has 4 rings (SSSR count). The molecule has 8 heteroatoms. The number of hydrogen-bond donors (Lipinski definition) is 3. The fraction of sp³-hybridized carbons (Fsp3) is 0.207. The molecule has 4 aromatic rings. The van der Waals surface area contributed by atoms with E-state index in [1.807, 2.05) is 49.4 Å². The van der Waals surface area contributed by atoms with Gasteiger partial charge in [0.25, 0.3) is 0 Å². The SMILES string of the molecule is Cc1oc(-c2ccccc2)nc1CCOc1ccc(CC(Nc2cccc(C(=O)O)c2C)C(=O)O)cc1. The molecule has 8 nitrogen and oxygen atoms in total. The Balaban J connectivity index is 1.34. The monoisotopic (exact) mass is 500 g/mol. The van der Waals surface area contributed by atoms with Gasteiger partial charge in [-0.2, -0.15) is 0 Å². The fourth-order valence-corrected chi connectivity index (χ4v) is 4.00. The number of rotatable bonds is 11. The van der Waals surface area contributed by atoms with E-state index < -0.39 is 18.0 Å². The van der Waals surface area contributed by atoms with Crippen LogP contribution in [0.3, 0.4) is 0 Å². The van der Waals surface area contributed by atoms with Crippen molar-refractivity contribution >= 4 is 17.6 Å². The van der Waals surface area contributed by atoms with Crippen LogP contribution in [0, 0.1) is 13.8 Å². The number of hydrogen-bond acceptors (Lipinski definition) is 6. The lowest BCUT2D eigenvalue weighted by molar-refractivity contribution is -0.137. The van der Waals surface area contributed by atoms with E-state index in [0.29, 0.717) is 35.9 Å². The molecule has 0 bridgehead atoms. The highest BCUT2D eigenvalue weighted by Crippen LogP contribution is 2.23. The Morgan fingerprint density at radius 1 is 0.973 bits per heavy atom. The highest BCUT2D eigenvalue weighted by atomic mass is 16.5. The van der Waals surface area contributed by atoms with Crippen LogP contribution in [0.1, 0.15) is 32.9 Å². The average molecular weight is 501 g/mol. The van der Waals surface area contributed by atoms with Gasteiger partial charge in [-0.25, -0.2) is 14.6 Å². The largest absolute Gasteiger partial charge is 0.493 e. The summed E-state index contributed by atoms with van der Waals surface area (Å²) in [5.41, 5.74) is 3.67. The van der Waals surface area contributed by atoms with Crippen LogP contribution in [0.25, 0.3) is 11.5 Å². The van der Waals surface area contributed by atoms with Crippen LogP contribution in [-0.4, -0.2) is 39.8 Å². The molecule has 0 fully saturated rings. The zero-order chi connectivity index (χ0) is 26.4. The first-order valence-electron chi connectivity index (χ1n) is 11.9. The Morgan fingerprint density at radius 2 is 1.70 bits per heavy atom. The Hall–Kier alpha value is -4.59. The van der Waals surface area contributed by atoms with Gasteiger partial charge < -0.3 is 24.7 Å². The maximum absolute atomic E-state index is 11.9. The van der Waals surface area contributed by atoms with Gasteiger partial charge in [-0.3, -0.25) is 0 Å². The van der Waals surface area contributed by atoms with Gasteiger partial charge in [0, 0.05) is 24.1 Å². The van der Waals surface area contributed by atoms with Gasteiger partial charge in [0.15, 0.2) is 0 Å². The number of nitrogens with zero attached hydrogens (tertiary/aromatic N) is 1. The van der Waals surface area contributed by atoms with Crippen molar-refractivity contribution in [3.05, 3.63) is 101 Å². The molecular weight excluding hydrogens is 472 g/mol. The van der Waals surface area contributed by atoms with Gasteiger partial charge in [-0.1, -0.05) is 36.4 Å². The lowest BCUT2D eigenvalue weighted by Gasteiger charge is -2.18. The number of aromatic nitrogens is 1. The molecule has 3 aromatic carbocycles. The Labute approximate surface area is 214 Å². The van der Waals surface area contributed by atoms with Crippen molar-refractivity contribution in [2.45, 2.75) is 32.7 Å². The smallest absolute Gasteiger partial charge is 0.336 e. The van der Waals surface area contributed by atoms with E-state index >= 15 is 0 Å². The number of ether oxygens (including phenoxy) is 1. The number of aliphatic carboxylic acids is 1. The highest BCUT2D eigenvalue weighted by molar-refractivity contribution is 5.91. The minimum Gasteiger partial charge on any atom is -0.493 e. The van der Waals surface area contributed by atoms with E-state index in [1.165, 1.54) is 6.07 Å². The van der Waals surface area contributed by atoms with Crippen LogP contribution < -0.4 is 10.1 Å². The summed E-state index contributed by atoms with van der Waals surface area (Å²) in [4.78, 5) is 27.9. The summed E-state index contributed by atoms with van der Waals surface area (Å²) >= 11 is 0. The van der Waals surface area contributed by atoms with Crippen molar-refractivity contribution in [2.75, 3.05) is 11.9 Å². The summed E-state index contributed by atoms with van der Waals surface area (Å²) < 4.78 is 11.7. The Kier molecular flexibility index (Phi) is 7.88. The van der Waals surface area contributed by atoms with Gasteiger partial charge in [0.2, 0.25) is 5.89 Å². The average Bonchev–Trinajstić information content (AvgIpc) is 3.26. The van der Waals surface area contributed by atoms with E-state index in [2.05, 4.69) is 10.3 Å².